The number of aromatic amines is 1. The Kier molecular flexibility index (Phi) is 5.26. The number of H-pyrrole nitrogens is 1. The molecule has 32 heavy (non-hydrogen) atoms. The summed E-state index contributed by atoms with van der Waals surface area (Å²) in [5.74, 6) is 0.716. The van der Waals surface area contributed by atoms with Crippen LogP contribution in [0, 0.1) is 0 Å². The van der Waals surface area contributed by atoms with Crippen LogP contribution >= 0.6 is 0 Å². The molecule has 8 heteroatoms. The molecule has 8 nitrogen and oxygen atoms in total. The van der Waals surface area contributed by atoms with Gasteiger partial charge in [-0.05, 0) is 49.1 Å². The van der Waals surface area contributed by atoms with Crippen molar-refractivity contribution >= 4 is 29.2 Å². The zero-order chi connectivity index (χ0) is 22.1. The Morgan fingerprint density at radius 2 is 2.06 bits per heavy atom. The zero-order valence-corrected chi connectivity index (χ0v) is 17.9. The van der Waals surface area contributed by atoms with Gasteiger partial charge in [0.25, 0.3) is 0 Å². The average molecular weight is 431 g/mol. The number of rotatable bonds is 5. The summed E-state index contributed by atoms with van der Waals surface area (Å²) >= 11 is 0. The number of carbonyl (C=O) groups excluding carboxylic acids is 2. The van der Waals surface area contributed by atoms with Gasteiger partial charge >= 0.3 is 6.09 Å². The van der Waals surface area contributed by atoms with Crippen molar-refractivity contribution in [2.45, 2.75) is 32.3 Å². The van der Waals surface area contributed by atoms with Crippen LogP contribution in [-0.2, 0) is 22.4 Å². The van der Waals surface area contributed by atoms with Crippen molar-refractivity contribution < 1.29 is 14.3 Å². The van der Waals surface area contributed by atoms with E-state index >= 15 is 0 Å². The van der Waals surface area contributed by atoms with Crippen LogP contribution in [0.25, 0.3) is 11.3 Å². The number of ether oxygens (including phenoxy) is 1. The third kappa shape index (κ3) is 3.91. The molecule has 5 rings (SSSR count). The average Bonchev–Trinajstić information content (AvgIpc) is 3.30. The molecule has 2 aromatic carbocycles. The molecule has 0 unspecified atom stereocenters. The highest BCUT2D eigenvalue weighted by molar-refractivity contribution is 5.91. The van der Waals surface area contributed by atoms with Crippen LogP contribution in [0.1, 0.15) is 24.5 Å². The highest BCUT2D eigenvalue weighted by Gasteiger charge is 2.33. The second kappa shape index (κ2) is 8.37. The molecule has 3 aromatic rings. The molecule has 1 saturated heterocycles. The Labute approximate surface area is 186 Å². The largest absolute Gasteiger partial charge is 0.442 e. The van der Waals surface area contributed by atoms with E-state index in [9.17, 15) is 9.59 Å². The maximum atomic E-state index is 12.4. The molecule has 0 bridgehead atoms. The lowest BCUT2D eigenvalue weighted by Crippen LogP contribution is -2.33. The number of cyclic esters (lactones) is 1. The van der Waals surface area contributed by atoms with Crippen LogP contribution < -0.4 is 15.5 Å². The van der Waals surface area contributed by atoms with E-state index in [0.717, 1.165) is 47.7 Å². The predicted octanol–water partition coefficient (Wildman–Crippen LogP) is 3.77. The molecule has 2 aliphatic rings. The first kappa shape index (κ1) is 20.1. The van der Waals surface area contributed by atoms with Gasteiger partial charge in [-0.3, -0.25) is 14.8 Å². The maximum absolute atomic E-state index is 12.4. The van der Waals surface area contributed by atoms with E-state index in [1.165, 1.54) is 18.1 Å². The molecule has 164 valence electrons. The fourth-order valence-corrected chi connectivity index (χ4v) is 4.34. The molecule has 1 aliphatic carbocycles. The molecule has 2 heterocycles. The predicted molar refractivity (Wildman–Crippen MR) is 122 cm³/mol. The van der Waals surface area contributed by atoms with E-state index in [1.54, 1.807) is 4.90 Å². The van der Waals surface area contributed by atoms with E-state index in [1.807, 2.05) is 42.5 Å². The lowest BCUT2D eigenvalue weighted by molar-refractivity contribution is -0.119. The molecule has 0 saturated carbocycles. The third-order valence-corrected chi connectivity index (χ3v) is 5.90. The van der Waals surface area contributed by atoms with Crippen molar-refractivity contribution in [2.75, 3.05) is 23.3 Å². The quantitative estimate of drug-likeness (QED) is 0.571. The van der Waals surface area contributed by atoms with Crippen molar-refractivity contribution in [1.29, 1.82) is 0 Å². The second-order valence-corrected chi connectivity index (χ2v) is 8.17. The smallest absolute Gasteiger partial charge is 0.414 e. The molecule has 1 aliphatic heterocycles. The first-order valence-corrected chi connectivity index (χ1v) is 10.8. The molecule has 1 aromatic heterocycles. The van der Waals surface area contributed by atoms with Crippen LogP contribution in [0.4, 0.5) is 22.0 Å². The van der Waals surface area contributed by atoms with Crippen LogP contribution in [0.15, 0.2) is 48.5 Å². The number of para-hydroxylation sites is 1. The van der Waals surface area contributed by atoms with Crippen molar-refractivity contribution in [1.82, 2.24) is 15.5 Å². The van der Waals surface area contributed by atoms with Gasteiger partial charge in [-0.2, -0.15) is 5.10 Å². The van der Waals surface area contributed by atoms with Gasteiger partial charge < -0.3 is 15.4 Å². The number of anilines is 3. The number of hydrogen-bond donors (Lipinski definition) is 3. The molecule has 0 radical (unpaired) electrons. The number of fused-ring (bicyclic) bond motifs is 3. The highest BCUT2D eigenvalue weighted by Crippen LogP contribution is 2.37. The van der Waals surface area contributed by atoms with Gasteiger partial charge in [0, 0.05) is 29.4 Å². The molecule has 1 fully saturated rings. The van der Waals surface area contributed by atoms with Gasteiger partial charge in [0.2, 0.25) is 5.91 Å². The highest BCUT2D eigenvalue weighted by atomic mass is 16.6. The minimum atomic E-state index is -0.384. The Bertz CT molecular complexity index is 1160. The lowest BCUT2D eigenvalue weighted by Gasteiger charge is -2.16. The van der Waals surface area contributed by atoms with Crippen molar-refractivity contribution in [3.05, 3.63) is 59.7 Å². The third-order valence-electron chi connectivity index (χ3n) is 5.90. The van der Waals surface area contributed by atoms with Crippen LogP contribution in [0.3, 0.4) is 0 Å². The first-order chi connectivity index (χ1) is 15.6. The van der Waals surface area contributed by atoms with E-state index in [4.69, 9.17) is 4.74 Å². The summed E-state index contributed by atoms with van der Waals surface area (Å²) in [5.41, 5.74) is 6.30. The minimum absolute atomic E-state index is 0.138. The summed E-state index contributed by atoms with van der Waals surface area (Å²) in [7, 11) is 0. The summed E-state index contributed by atoms with van der Waals surface area (Å²) in [4.78, 5) is 25.2. The topological polar surface area (TPSA) is 99.4 Å². The number of aromatic nitrogens is 2. The van der Waals surface area contributed by atoms with Gasteiger partial charge in [-0.15, -0.1) is 0 Å². The Morgan fingerprint density at radius 1 is 1.22 bits per heavy atom. The normalized spacial score (nSPS) is 17.2. The molecular weight excluding hydrogens is 406 g/mol. The second-order valence-electron chi connectivity index (χ2n) is 8.17. The summed E-state index contributed by atoms with van der Waals surface area (Å²) in [6.45, 7) is 2.18. The number of carbonyl (C=O) groups is 2. The van der Waals surface area contributed by atoms with Gasteiger partial charge in [-0.1, -0.05) is 24.3 Å². The lowest BCUT2D eigenvalue weighted by atomic mass is 10.0. The fourth-order valence-electron chi connectivity index (χ4n) is 4.34. The summed E-state index contributed by atoms with van der Waals surface area (Å²) < 4.78 is 5.41. The Morgan fingerprint density at radius 3 is 2.88 bits per heavy atom. The Hall–Kier alpha value is -3.81. The van der Waals surface area contributed by atoms with Gasteiger partial charge in [0.15, 0.2) is 5.82 Å². The van der Waals surface area contributed by atoms with Gasteiger partial charge in [-0.25, -0.2) is 4.79 Å². The van der Waals surface area contributed by atoms with Crippen molar-refractivity contribution in [3.63, 3.8) is 0 Å². The Balaban J connectivity index is 1.39. The molecule has 2 amide bonds. The van der Waals surface area contributed by atoms with Crippen LogP contribution in [-0.4, -0.2) is 41.4 Å². The summed E-state index contributed by atoms with van der Waals surface area (Å²) in [6, 6.07) is 16.1. The minimum Gasteiger partial charge on any atom is -0.442 e. The molecule has 3 N–H and O–H groups in total. The number of aryl methyl sites for hydroxylation is 1. The number of nitrogens with zero attached hydrogens (tertiary/aromatic N) is 2. The molecule has 0 spiro atoms. The zero-order valence-electron chi connectivity index (χ0n) is 17.9. The standard InChI is InChI=1S/C24H25N5O3/c1-15(30)25-13-19-14-29(24(31)32-19)18-10-11-20-16(12-18)6-5-9-21-22(20)27-28-23(21)26-17-7-3-2-4-8-17/h2-4,7-8,10-12,19H,5-6,9,13-14H2,1H3,(H,25,30)(H2,26,27,28)/t19-/m0/s1. The molecular formula is C24H25N5O3. The van der Waals surface area contributed by atoms with Crippen LogP contribution in [0.2, 0.25) is 0 Å². The van der Waals surface area contributed by atoms with Crippen LogP contribution in [0.5, 0.6) is 0 Å². The summed E-state index contributed by atoms with van der Waals surface area (Å²) in [5, 5.41) is 13.9. The number of amides is 2. The summed E-state index contributed by atoms with van der Waals surface area (Å²) in [6.07, 6.45) is 2.08. The fraction of sp³-hybridized carbons (Fsp3) is 0.292. The van der Waals surface area contributed by atoms with E-state index in [0.29, 0.717) is 13.1 Å². The maximum Gasteiger partial charge on any atom is 0.414 e. The van der Waals surface area contributed by atoms with E-state index in [-0.39, 0.29) is 18.1 Å². The van der Waals surface area contributed by atoms with E-state index < -0.39 is 0 Å². The first-order valence-electron chi connectivity index (χ1n) is 10.8. The van der Waals surface area contributed by atoms with Gasteiger partial charge in [0.05, 0.1) is 18.8 Å². The van der Waals surface area contributed by atoms with Gasteiger partial charge in [0.1, 0.15) is 6.10 Å². The monoisotopic (exact) mass is 431 g/mol. The van der Waals surface area contributed by atoms with E-state index in [2.05, 4.69) is 26.9 Å². The SMILES string of the molecule is CC(=O)NC[C@H]1CN(c2ccc3c(c2)CCCc2c(Nc4ccccc4)n[nH]c2-3)C(=O)O1. The van der Waals surface area contributed by atoms with Crippen molar-refractivity contribution in [3.8, 4) is 11.3 Å². The molecule has 1 atom stereocenters. The number of benzene rings is 2. The number of hydrogen-bond acceptors (Lipinski definition) is 5. The van der Waals surface area contributed by atoms with Crippen molar-refractivity contribution in [2.24, 2.45) is 0 Å². The number of nitrogens with one attached hydrogen (secondary N) is 3.